The predicted octanol–water partition coefficient (Wildman–Crippen LogP) is 2.52. The van der Waals surface area contributed by atoms with Gasteiger partial charge in [0.2, 0.25) is 6.29 Å². The van der Waals surface area contributed by atoms with Gasteiger partial charge < -0.3 is 85.3 Å². The van der Waals surface area contributed by atoms with Crippen molar-refractivity contribution in [2.75, 3.05) is 13.7 Å². The Hall–Kier alpha value is -4.27. The van der Waals surface area contributed by atoms with E-state index in [4.69, 9.17) is 85.3 Å². The average Bonchev–Trinajstić information content (AvgIpc) is 3.76. The van der Waals surface area contributed by atoms with E-state index in [9.17, 15) is 24.0 Å². The van der Waals surface area contributed by atoms with E-state index < -0.39 is 158 Å². The summed E-state index contributed by atoms with van der Waals surface area (Å²) in [7, 11) is 1.56. The van der Waals surface area contributed by atoms with Crippen LogP contribution in [0.1, 0.15) is 83.1 Å². The molecular formula is C46H64O23. The molecule has 6 saturated heterocycles. The molecule has 0 spiro atoms. The first-order valence-corrected chi connectivity index (χ1v) is 22.8. The molecule has 7 rings (SSSR count). The van der Waals surface area contributed by atoms with Gasteiger partial charge in [0.05, 0.1) is 32.0 Å². The lowest BCUT2D eigenvalue weighted by Crippen LogP contribution is -2.66. The Morgan fingerprint density at radius 1 is 0.464 bits per heavy atom. The smallest absolute Gasteiger partial charge is 0.303 e. The zero-order valence-corrected chi connectivity index (χ0v) is 40.9. The summed E-state index contributed by atoms with van der Waals surface area (Å²) in [5, 5.41) is 0. The molecule has 6 aliphatic heterocycles. The molecule has 0 radical (unpaired) electrons. The van der Waals surface area contributed by atoms with E-state index in [0.717, 1.165) is 34.6 Å². The van der Waals surface area contributed by atoms with Crippen molar-refractivity contribution in [2.45, 2.75) is 211 Å². The second-order valence-electron chi connectivity index (χ2n) is 18.5. The molecule has 1 aromatic rings. The van der Waals surface area contributed by atoms with Crippen molar-refractivity contribution in [2.24, 2.45) is 0 Å². The molecule has 0 aliphatic carbocycles. The maximum absolute atomic E-state index is 12.9. The molecule has 0 bridgehead atoms. The number of fused-ring (bicyclic) bond motifs is 2. The number of rotatable bonds is 14. The Labute approximate surface area is 399 Å². The van der Waals surface area contributed by atoms with Gasteiger partial charge in [0.15, 0.2) is 67.1 Å². The lowest BCUT2D eigenvalue weighted by atomic mass is 9.97. The zero-order chi connectivity index (χ0) is 50.3. The van der Waals surface area contributed by atoms with E-state index in [1.165, 1.54) is 6.92 Å². The van der Waals surface area contributed by atoms with Gasteiger partial charge in [0, 0.05) is 34.6 Å². The summed E-state index contributed by atoms with van der Waals surface area (Å²) < 4.78 is 111. The second-order valence-corrected chi connectivity index (χ2v) is 18.5. The lowest BCUT2D eigenvalue weighted by molar-refractivity contribution is -0.368. The molecule has 0 amide bonds. The molecule has 23 nitrogen and oxygen atoms in total. The van der Waals surface area contributed by atoms with Crippen molar-refractivity contribution in [3.05, 3.63) is 24.3 Å². The monoisotopic (exact) mass is 984 g/mol. The van der Waals surface area contributed by atoms with Crippen LogP contribution in [0.5, 0.6) is 11.5 Å². The van der Waals surface area contributed by atoms with Crippen molar-refractivity contribution < 1.29 is 109 Å². The zero-order valence-electron chi connectivity index (χ0n) is 40.9. The van der Waals surface area contributed by atoms with Crippen LogP contribution in [0.25, 0.3) is 0 Å². The maximum Gasteiger partial charge on any atom is 0.303 e. The van der Waals surface area contributed by atoms with Gasteiger partial charge in [0.1, 0.15) is 48.1 Å². The third-order valence-corrected chi connectivity index (χ3v) is 12.0. The second kappa shape index (κ2) is 21.2. The first kappa shape index (κ1) is 52.6. The van der Waals surface area contributed by atoms with Gasteiger partial charge in [-0.2, -0.15) is 0 Å². The van der Waals surface area contributed by atoms with Gasteiger partial charge >= 0.3 is 29.8 Å². The molecule has 69 heavy (non-hydrogen) atoms. The summed E-state index contributed by atoms with van der Waals surface area (Å²) in [6, 6.07) is 6.98. The summed E-state index contributed by atoms with van der Waals surface area (Å²) in [5.74, 6) is -5.04. The fourth-order valence-corrected chi connectivity index (χ4v) is 9.39. The van der Waals surface area contributed by atoms with Crippen molar-refractivity contribution in [1.82, 2.24) is 0 Å². The van der Waals surface area contributed by atoms with E-state index in [0.29, 0.717) is 11.5 Å². The Bertz CT molecular complexity index is 1990. The van der Waals surface area contributed by atoms with E-state index in [1.54, 1.807) is 66.0 Å². The molecule has 19 atom stereocenters. The number of hydrogen-bond donors (Lipinski definition) is 0. The standard InChI is InChI=1S/C46H64O23/c1-19-30(58-23(5)48)34(59-24(6)49)38(61-26(8)51)43(54-19)64-33-29(57-22(4)47)18-53-41(37(33)60-25(7)50)63-31-20(2)55-44(40-35(31)67-46(11,12)69-40)65-39-36-32(66-45(9,10)68-36)21(3)56-42(39)62-28-16-14-27(52-13)15-17-28/h14-17,19-21,29-44H,18H2,1-13H3/t19-,20-,21+,29+,30-,31-,32-,33-,34+,35+,36-,37+,38+,39+,40+,41-,42-,43-,44-/m0/s1. The summed E-state index contributed by atoms with van der Waals surface area (Å²) in [4.78, 5) is 62.6. The van der Waals surface area contributed by atoms with Crippen molar-refractivity contribution in [1.29, 1.82) is 0 Å². The van der Waals surface area contributed by atoms with Crippen LogP contribution in [0, 0.1) is 0 Å². The average molecular weight is 985 g/mol. The highest BCUT2D eigenvalue weighted by Gasteiger charge is 2.62. The summed E-state index contributed by atoms with van der Waals surface area (Å²) in [5.41, 5.74) is 0. The largest absolute Gasteiger partial charge is 0.497 e. The van der Waals surface area contributed by atoms with Crippen molar-refractivity contribution in [3.8, 4) is 11.5 Å². The third-order valence-electron chi connectivity index (χ3n) is 12.0. The molecule has 0 unspecified atom stereocenters. The minimum Gasteiger partial charge on any atom is -0.497 e. The molecule has 386 valence electrons. The van der Waals surface area contributed by atoms with Gasteiger partial charge in [-0.05, 0) is 72.7 Å². The molecule has 6 aliphatic rings. The number of ether oxygens (including phenoxy) is 18. The molecular weight excluding hydrogens is 920 g/mol. The fraction of sp³-hybridized carbons (Fsp3) is 0.761. The SMILES string of the molecule is COc1ccc(O[C@@H]2O[C@H](C)[C@@H]3OC(C)(C)O[C@@H]3[C@H]2O[C@@H]2O[C@@H](C)[C@H](O[C@@H]3OC[C@@H](OC(C)=O)[C@H](O[C@@H]4O[C@@H](C)[C@H](OC(C)=O)[C@@H](OC(C)=O)[C@H]4OC(C)=O)[C@H]3OC(C)=O)[C@H]3OC(C)(C)O[C@@H]23)cc1. The molecule has 0 N–H and O–H groups in total. The number of benzene rings is 1. The summed E-state index contributed by atoms with van der Waals surface area (Å²) in [6.45, 7) is 17.4. The van der Waals surface area contributed by atoms with Crippen LogP contribution in [0.15, 0.2) is 24.3 Å². The number of esters is 5. The quantitative estimate of drug-likeness (QED) is 0.192. The maximum atomic E-state index is 12.9. The number of carbonyl (C=O) groups is 5. The molecule has 1 aromatic carbocycles. The summed E-state index contributed by atoms with van der Waals surface area (Å²) in [6.07, 6.45) is -21.3. The first-order chi connectivity index (χ1) is 32.4. The van der Waals surface area contributed by atoms with Crippen LogP contribution < -0.4 is 9.47 Å². The Morgan fingerprint density at radius 2 is 0.899 bits per heavy atom. The molecule has 6 fully saturated rings. The summed E-state index contributed by atoms with van der Waals surface area (Å²) >= 11 is 0. The minimum absolute atomic E-state index is 0.377. The topological polar surface area (TPSA) is 251 Å². The molecule has 0 saturated carbocycles. The Kier molecular flexibility index (Phi) is 16.2. The van der Waals surface area contributed by atoms with Crippen LogP contribution in [-0.4, -0.2) is 172 Å². The van der Waals surface area contributed by atoms with Gasteiger partial charge in [-0.1, -0.05) is 0 Å². The fourth-order valence-electron chi connectivity index (χ4n) is 9.39. The van der Waals surface area contributed by atoms with Crippen molar-refractivity contribution >= 4 is 29.8 Å². The highest BCUT2D eigenvalue weighted by molar-refractivity contribution is 5.69. The highest BCUT2D eigenvalue weighted by Crippen LogP contribution is 2.45. The van der Waals surface area contributed by atoms with Crippen LogP contribution in [0.3, 0.4) is 0 Å². The van der Waals surface area contributed by atoms with Gasteiger partial charge in [-0.25, -0.2) is 0 Å². The van der Waals surface area contributed by atoms with E-state index in [-0.39, 0.29) is 6.61 Å². The van der Waals surface area contributed by atoms with Crippen molar-refractivity contribution in [3.63, 3.8) is 0 Å². The van der Waals surface area contributed by atoms with E-state index in [1.807, 2.05) is 6.92 Å². The van der Waals surface area contributed by atoms with Gasteiger partial charge in [0.25, 0.3) is 0 Å². The number of methoxy groups -OCH3 is 1. The lowest BCUT2D eigenvalue weighted by Gasteiger charge is -2.48. The third kappa shape index (κ3) is 12.3. The van der Waals surface area contributed by atoms with Crippen LogP contribution in [-0.2, 0) is 99.8 Å². The molecule has 23 heteroatoms. The van der Waals surface area contributed by atoms with E-state index in [2.05, 4.69) is 0 Å². The Balaban J connectivity index is 1.17. The number of hydrogen-bond acceptors (Lipinski definition) is 23. The number of carbonyl (C=O) groups excluding carboxylic acids is 5. The molecule has 0 aromatic heterocycles. The first-order valence-electron chi connectivity index (χ1n) is 22.8. The highest BCUT2D eigenvalue weighted by atomic mass is 16.8. The van der Waals surface area contributed by atoms with Gasteiger partial charge in [-0.3, -0.25) is 24.0 Å². The Morgan fingerprint density at radius 3 is 1.48 bits per heavy atom. The van der Waals surface area contributed by atoms with Gasteiger partial charge in [-0.15, -0.1) is 0 Å². The minimum atomic E-state index is -1.62. The van der Waals surface area contributed by atoms with E-state index >= 15 is 0 Å². The normalized spacial score (nSPS) is 40.0. The van der Waals surface area contributed by atoms with Crippen LogP contribution in [0.4, 0.5) is 0 Å². The van der Waals surface area contributed by atoms with Crippen LogP contribution in [0.2, 0.25) is 0 Å². The predicted molar refractivity (Wildman–Crippen MR) is 226 cm³/mol. The van der Waals surface area contributed by atoms with Crippen LogP contribution >= 0.6 is 0 Å². The molecule has 6 heterocycles.